The number of carbonyl (C=O) groups is 2. The van der Waals surface area contributed by atoms with E-state index in [9.17, 15) is 9.59 Å². The molecule has 6 rings (SSSR count). The van der Waals surface area contributed by atoms with Gasteiger partial charge in [-0.1, -0.05) is 43.5 Å². The Labute approximate surface area is 193 Å². The third-order valence-corrected chi connectivity index (χ3v) is 9.26. The Bertz CT molecular complexity index is 1050. The number of rotatable bonds is 4. The molecule has 4 aliphatic carbocycles. The number of nitrogens with one attached hydrogen (secondary N) is 1. The standard InChI is InChI=1S/C27H29NO3S/c29-25-24(32-26(30)28-25)13-18-5-1-2-7-23(18)31-22-10-8-21(9-11-22)27-14-17-4-3-6-19(15-27)20(12-17)16-27/h1-2,5,7-8,10-11,13,17,19-21H,3-4,6,9,12,14-16H2,(H,28,29,30)/b24-13+/t17-,19-,20?,21?,27+/m0/s1. The molecular weight excluding hydrogens is 418 g/mol. The summed E-state index contributed by atoms with van der Waals surface area (Å²) < 4.78 is 6.25. The third-order valence-electron chi connectivity index (χ3n) is 8.45. The lowest BCUT2D eigenvalue weighted by molar-refractivity contribution is -0.115. The highest BCUT2D eigenvalue weighted by Crippen LogP contribution is 2.64. The number of hydrogen-bond donors (Lipinski definition) is 1. The van der Waals surface area contributed by atoms with Crippen LogP contribution >= 0.6 is 11.8 Å². The number of amides is 2. The summed E-state index contributed by atoms with van der Waals surface area (Å²) in [6, 6.07) is 7.66. The fourth-order valence-electron chi connectivity index (χ4n) is 7.18. The van der Waals surface area contributed by atoms with Crippen molar-refractivity contribution in [1.29, 1.82) is 0 Å². The van der Waals surface area contributed by atoms with Gasteiger partial charge < -0.3 is 4.74 Å². The number of carbonyl (C=O) groups excluding carboxylic acids is 2. The molecule has 3 saturated carbocycles. The van der Waals surface area contributed by atoms with Gasteiger partial charge in [-0.05, 0) is 97.2 Å². The monoisotopic (exact) mass is 447 g/mol. The van der Waals surface area contributed by atoms with E-state index in [1.807, 2.05) is 24.3 Å². The first-order valence-corrected chi connectivity index (χ1v) is 12.8. The maximum Gasteiger partial charge on any atom is 0.290 e. The van der Waals surface area contributed by atoms with Crippen LogP contribution in [0.25, 0.3) is 6.08 Å². The minimum atomic E-state index is -0.346. The minimum absolute atomic E-state index is 0.330. The summed E-state index contributed by atoms with van der Waals surface area (Å²) >= 11 is 0.930. The predicted octanol–water partition coefficient (Wildman–Crippen LogP) is 6.46. The summed E-state index contributed by atoms with van der Waals surface area (Å²) in [6.07, 6.45) is 19.7. The number of hydrogen-bond acceptors (Lipinski definition) is 4. The average Bonchev–Trinajstić information content (AvgIpc) is 3.18. The lowest BCUT2D eigenvalue weighted by Gasteiger charge is -2.43. The summed E-state index contributed by atoms with van der Waals surface area (Å²) in [5.74, 6) is 4.75. The Morgan fingerprint density at radius 2 is 1.97 bits per heavy atom. The summed E-state index contributed by atoms with van der Waals surface area (Å²) in [6.45, 7) is 0. The molecule has 0 spiro atoms. The van der Waals surface area contributed by atoms with Crippen LogP contribution in [0.4, 0.5) is 4.79 Å². The number of benzene rings is 1. The first kappa shape index (κ1) is 20.3. The number of thioether (sulfide) groups is 1. The van der Waals surface area contributed by atoms with Gasteiger partial charge in [0.15, 0.2) is 0 Å². The second-order valence-electron chi connectivity index (χ2n) is 10.3. The van der Waals surface area contributed by atoms with E-state index in [0.717, 1.165) is 47.3 Å². The van der Waals surface area contributed by atoms with E-state index >= 15 is 0 Å². The number of fused-ring (bicyclic) bond motifs is 2. The van der Waals surface area contributed by atoms with E-state index in [2.05, 4.69) is 23.5 Å². The van der Waals surface area contributed by atoms with Gasteiger partial charge in [-0.25, -0.2) is 0 Å². The zero-order chi connectivity index (χ0) is 21.7. The highest BCUT2D eigenvalue weighted by molar-refractivity contribution is 8.18. The largest absolute Gasteiger partial charge is 0.457 e. The van der Waals surface area contributed by atoms with Crippen LogP contribution in [0.15, 0.2) is 53.2 Å². The summed E-state index contributed by atoms with van der Waals surface area (Å²) in [5.41, 5.74) is 1.31. The topological polar surface area (TPSA) is 55.4 Å². The molecule has 1 aromatic rings. The average molecular weight is 448 g/mol. The SMILES string of the molecule is O=C1NC(=O)/C(=C\c2ccccc2OC2=CCC([C@@]34CC5C[C@H](CCC[C@H]5C3)C4)C=C2)S1. The van der Waals surface area contributed by atoms with E-state index in [-0.39, 0.29) is 11.1 Å². The lowest BCUT2D eigenvalue weighted by Crippen LogP contribution is -2.33. The van der Waals surface area contributed by atoms with Crippen LogP contribution in [0.5, 0.6) is 5.75 Å². The van der Waals surface area contributed by atoms with Crippen LogP contribution in [-0.4, -0.2) is 11.1 Å². The van der Waals surface area contributed by atoms with Crippen LogP contribution in [0.3, 0.4) is 0 Å². The van der Waals surface area contributed by atoms with Crippen molar-refractivity contribution in [3.63, 3.8) is 0 Å². The van der Waals surface area contributed by atoms with E-state index in [4.69, 9.17) is 4.74 Å². The van der Waals surface area contributed by atoms with Crippen molar-refractivity contribution in [1.82, 2.24) is 5.32 Å². The summed E-state index contributed by atoms with van der Waals surface area (Å²) in [7, 11) is 0. The molecule has 0 radical (unpaired) electrons. The maximum atomic E-state index is 11.9. The molecule has 1 aliphatic heterocycles. The maximum absolute atomic E-state index is 11.9. The van der Waals surface area contributed by atoms with Crippen molar-refractivity contribution >= 4 is 29.0 Å². The molecule has 2 amide bonds. The molecule has 32 heavy (non-hydrogen) atoms. The van der Waals surface area contributed by atoms with Crippen molar-refractivity contribution in [2.24, 2.45) is 29.1 Å². The normalized spacial score (nSPS) is 36.9. The molecule has 1 saturated heterocycles. The third kappa shape index (κ3) is 3.64. The lowest BCUT2D eigenvalue weighted by atomic mass is 9.62. The molecule has 0 aromatic heterocycles. The van der Waals surface area contributed by atoms with E-state index in [1.165, 1.54) is 44.9 Å². The van der Waals surface area contributed by atoms with Gasteiger partial charge in [0.2, 0.25) is 0 Å². The Balaban J connectivity index is 1.18. The fourth-order valence-corrected chi connectivity index (χ4v) is 7.86. The molecule has 4 fully saturated rings. The molecule has 5 heteroatoms. The van der Waals surface area contributed by atoms with Crippen LogP contribution in [-0.2, 0) is 4.79 Å². The molecule has 5 aliphatic rings. The first-order chi connectivity index (χ1) is 15.6. The molecule has 5 atom stereocenters. The zero-order valence-corrected chi connectivity index (χ0v) is 19.0. The van der Waals surface area contributed by atoms with Gasteiger partial charge in [0.1, 0.15) is 11.5 Å². The van der Waals surface area contributed by atoms with Crippen molar-refractivity contribution in [3.8, 4) is 5.75 Å². The second-order valence-corrected chi connectivity index (χ2v) is 11.3. The minimum Gasteiger partial charge on any atom is -0.457 e. The van der Waals surface area contributed by atoms with Crippen molar-refractivity contribution < 1.29 is 14.3 Å². The van der Waals surface area contributed by atoms with Gasteiger partial charge in [0.25, 0.3) is 11.1 Å². The van der Waals surface area contributed by atoms with Gasteiger partial charge in [-0.2, -0.15) is 0 Å². The Hall–Kier alpha value is -2.27. The number of para-hydroxylation sites is 1. The highest BCUT2D eigenvalue weighted by atomic mass is 32.2. The van der Waals surface area contributed by atoms with E-state index in [1.54, 1.807) is 6.08 Å². The molecular formula is C27H29NO3S. The first-order valence-electron chi connectivity index (χ1n) is 12.0. The van der Waals surface area contributed by atoms with Gasteiger partial charge in [-0.3, -0.25) is 14.9 Å². The molecule has 166 valence electrons. The second kappa shape index (κ2) is 7.95. The number of ether oxygens (including phenoxy) is 1. The van der Waals surface area contributed by atoms with Crippen molar-refractivity contribution in [3.05, 3.63) is 58.7 Å². The van der Waals surface area contributed by atoms with Crippen molar-refractivity contribution in [2.75, 3.05) is 0 Å². The van der Waals surface area contributed by atoms with Crippen LogP contribution in [0.1, 0.15) is 56.9 Å². The smallest absolute Gasteiger partial charge is 0.290 e. The fraction of sp³-hybridized carbons (Fsp3) is 0.481. The molecule has 2 unspecified atom stereocenters. The van der Waals surface area contributed by atoms with Gasteiger partial charge >= 0.3 is 0 Å². The van der Waals surface area contributed by atoms with Crippen molar-refractivity contribution in [2.45, 2.75) is 51.4 Å². The summed E-state index contributed by atoms with van der Waals surface area (Å²) in [4.78, 5) is 23.8. The quantitative estimate of drug-likeness (QED) is 0.539. The highest BCUT2D eigenvalue weighted by Gasteiger charge is 2.54. The molecule has 4 nitrogen and oxygen atoms in total. The van der Waals surface area contributed by atoms with Crippen LogP contribution in [0, 0.1) is 29.1 Å². The van der Waals surface area contributed by atoms with E-state index in [0.29, 0.717) is 22.0 Å². The Morgan fingerprint density at radius 3 is 2.78 bits per heavy atom. The molecule has 3 bridgehead atoms. The molecule has 1 aromatic carbocycles. The van der Waals surface area contributed by atoms with Gasteiger partial charge in [-0.15, -0.1) is 0 Å². The van der Waals surface area contributed by atoms with Crippen LogP contribution < -0.4 is 10.1 Å². The predicted molar refractivity (Wildman–Crippen MR) is 127 cm³/mol. The molecule has 1 N–H and O–H groups in total. The molecule has 1 heterocycles. The summed E-state index contributed by atoms with van der Waals surface area (Å²) in [5, 5.41) is 1.97. The van der Waals surface area contributed by atoms with Gasteiger partial charge in [0.05, 0.1) is 4.91 Å². The Kier molecular flexibility index (Phi) is 5.05. The van der Waals surface area contributed by atoms with E-state index < -0.39 is 0 Å². The number of imide groups is 1. The van der Waals surface area contributed by atoms with Crippen LogP contribution in [0.2, 0.25) is 0 Å². The number of allylic oxidation sites excluding steroid dienone is 3. The Morgan fingerprint density at radius 1 is 1.09 bits per heavy atom. The zero-order valence-electron chi connectivity index (χ0n) is 18.2. The van der Waals surface area contributed by atoms with Gasteiger partial charge in [0, 0.05) is 5.56 Å².